The molecule has 0 spiro atoms. The van der Waals surface area contributed by atoms with E-state index in [1.165, 1.54) is 0 Å². The van der Waals surface area contributed by atoms with Crippen LogP contribution < -0.4 is 15.4 Å². The largest absolute Gasteiger partial charge is 0.493 e. The molecule has 1 aromatic carbocycles. The van der Waals surface area contributed by atoms with Crippen molar-refractivity contribution in [1.82, 2.24) is 20.5 Å². The Balaban J connectivity index is 0.00000193. The molecule has 0 aliphatic carbocycles. The number of piperidine rings is 1. The van der Waals surface area contributed by atoms with E-state index in [1.54, 1.807) is 0 Å². The monoisotopic (exact) mass is 531 g/mol. The number of rotatable bonds is 6. The van der Waals surface area contributed by atoms with E-state index in [9.17, 15) is 4.79 Å². The van der Waals surface area contributed by atoms with Crippen LogP contribution in [0.3, 0.4) is 0 Å². The number of fused-ring (bicyclic) bond motifs is 1. The lowest BCUT2D eigenvalue weighted by molar-refractivity contribution is 0.135. The van der Waals surface area contributed by atoms with Crippen LogP contribution in [0.25, 0.3) is 0 Å². The Hall–Kier alpha value is -2.10. The van der Waals surface area contributed by atoms with Crippen LogP contribution in [0, 0.1) is 11.3 Å². The van der Waals surface area contributed by atoms with Crippen LogP contribution in [0.2, 0.25) is 0 Å². The van der Waals surface area contributed by atoms with Gasteiger partial charge in [0.2, 0.25) is 0 Å². The van der Waals surface area contributed by atoms with Gasteiger partial charge in [0, 0.05) is 19.3 Å². The highest BCUT2D eigenvalue weighted by Crippen LogP contribution is 2.28. The number of halogens is 3. The summed E-state index contributed by atoms with van der Waals surface area (Å²) >= 11 is 0. The van der Waals surface area contributed by atoms with E-state index in [1.807, 2.05) is 36.5 Å². The van der Waals surface area contributed by atoms with Crippen molar-refractivity contribution in [1.29, 1.82) is 5.41 Å². The first-order valence-corrected chi connectivity index (χ1v) is 10.8. The average Bonchev–Trinajstić information content (AvgIpc) is 2.78. The van der Waals surface area contributed by atoms with Gasteiger partial charge in [-0.15, -0.1) is 37.2 Å². The molecular formula is C23H32Cl3N5O3. The average molecular weight is 533 g/mol. The molecule has 1 amide bonds. The molecule has 0 saturated carbocycles. The number of hydrogen-bond acceptors (Lipinski definition) is 6. The molecule has 1 fully saturated rings. The number of amides is 1. The number of benzene rings is 1. The number of nitrogens with zero attached hydrogens (tertiary/aromatic N) is 2. The molecule has 1 aromatic heterocycles. The van der Waals surface area contributed by atoms with Gasteiger partial charge in [0.1, 0.15) is 11.6 Å². The fourth-order valence-electron chi connectivity index (χ4n) is 4.31. The Morgan fingerprint density at radius 3 is 2.65 bits per heavy atom. The predicted octanol–water partition coefficient (Wildman–Crippen LogP) is 4.07. The summed E-state index contributed by atoms with van der Waals surface area (Å²) in [7, 11) is 0. The minimum absolute atomic E-state index is 0. The lowest BCUT2D eigenvalue weighted by Crippen LogP contribution is -2.42. The first-order chi connectivity index (χ1) is 15.1. The van der Waals surface area contributed by atoms with Crippen molar-refractivity contribution in [2.24, 2.45) is 5.92 Å². The Bertz CT molecular complexity index is 927. The maximum absolute atomic E-state index is 10.9. The van der Waals surface area contributed by atoms with Gasteiger partial charge >= 0.3 is 6.09 Å². The highest BCUT2D eigenvalue weighted by molar-refractivity contribution is 5.97. The first-order valence-electron chi connectivity index (χ1n) is 10.8. The summed E-state index contributed by atoms with van der Waals surface area (Å²) in [5.41, 5.74) is 3.14. The third kappa shape index (κ3) is 7.99. The van der Waals surface area contributed by atoms with Gasteiger partial charge < -0.3 is 15.2 Å². The second kappa shape index (κ2) is 14.3. The summed E-state index contributed by atoms with van der Waals surface area (Å²) in [4.78, 5) is 17.8. The highest BCUT2D eigenvalue weighted by Gasteiger charge is 2.26. The van der Waals surface area contributed by atoms with Gasteiger partial charge in [-0.3, -0.25) is 20.6 Å². The van der Waals surface area contributed by atoms with Crippen LogP contribution in [0.15, 0.2) is 42.6 Å². The molecule has 188 valence electrons. The fraction of sp³-hybridized carbons (Fsp3) is 0.435. The Morgan fingerprint density at radius 1 is 1.21 bits per heavy atom. The number of nitrogens with one attached hydrogen (secondary N) is 3. The van der Waals surface area contributed by atoms with E-state index >= 15 is 0 Å². The minimum atomic E-state index is -1.22. The zero-order valence-electron chi connectivity index (χ0n) is 18.7. The van der Waals surface area contributed by atoms with Gasteiger partial charge in [-0.1, -0.05) is 12.1 Å². The molecule has 4 N–H and O–H groups in total. The standard InChI is InChI=1S/C23H29N5O3.3ClH/c24-22(27-23(29)30)21-20-13-19(5-4-17(20)6-10-26-21)31-15-16-7-11-28(12-8-16)14-18-3-1-2-9-25-18;;;/h1-5,9,13,16,21,26H,6-8,10-12,14-15H2,(H2,24,27)(H,29,30);3*1H. The zero-order chi connectivity index (χ0) is 21.6. The van der Waals surface area contributed by atoms with E-state index in [4.69, 9.17) is 15.3 Å². The van der Waals surface area contributed by atoms with Crippen molar-refractivity contribution < 1.29 is 14.6 Å². The van der Waals surface area contributed by atoms with Crippen molar-refractivity contribution in [2.75, 3.05) is 26.2 Å². The molecule has 1 unspecified atom stereocenters. The lowest BCUT2D eigenvalue weighted by atomic mass is 9.93. The summed E-state index contributed by atoms with van der Waals surface area (Å²) in [6, 6.07) is 11.5. The molecular weight excluding hydrogens is 501 g/mol. The molecule has 3 heterocycles. The van der Waals surface area contributed by atoms with Crippen molar-refractivity contribution in [3.05, 3.63) is 59.4 Å². The maximum atomic E-state index is 10.9. The van der Waals surface area contributed by atoms with E-state index in [0.29, 0.717) is 19.1 Å². The van der Waals surface area contributed by atoms with Gasteiger partial charge in [-0.05, 0) is 73.7 Å². The van der Waals surface area contributed by atoms with Gasteiger partial charge in [0.05, 0.1) is 18.3 Å². The summed E-state index contributed by atoms with van der Waals surface area (Å²) in [5, 5.41) is 22.4. The molecule has 34 heavy (non-hydrogen) atoms. The second-order valence-electron chi connectivity index (χ2n) is 8.19. The second-order valence-corrected chi connectivity index (χ2v) is 8.19. The molecule has 2 aromatic rings. The number of aromatic nitrogens is 1. The number of pyridine rings is 1. The SMILES string of the molecule is Cl.Cl.Cl.N=C(NC(=O)O)C1NCCc2ccc(OCC3CCN(Cc4ccccn4)CC3)cc21. The van der Waals surface area contributed by atoms with Crippen molar-refractivity contribution >= 4 is 49.1 Å². The van der Waals surface area contributed by atoms with E-state index in [0.717, 1.165) is 61.5 Å². The quantitative estimate of drug-likeness (QED) is 0.330. The van der Waals surface area contributed by atoms with Crippen molar-refractivity contribution in [3.8, 4) is 5.75 Å². The smallest absolute Gasteiger partial charge is 0.410 e. The molecule has 1 saturated heterocycles. The molecule has 8 nitrogen and oxygen atoms in total. The van der Waals surface area contributed by atoms with Crippen LogP contribution in [0.1, 0.15) is 35.7 Å². The number of amidine groups is 1. The molecule has 0 radical (unpaired) electrons. The summed E-state index contributed by atoms with van der Waals surface area (Å²) in [6.45, 7) is 4.35. The number of ether oxygens (including phenoxy) is 1. The highest BCUT2D eigenvalue weighted by atomic mass is 35.5. The number of carboxylic acid groups (broad SMARTS) is 1. The van der Waals surface area contributed by atoms with Gasteiger partial charge in [0.25, 0.3) is 0 Å². The molecule has 2 aliphatic rings. The third-order valence-electron chi connectivity index (χ3n) is 6.01. The summed E-state index contributed by atoms with van der Waals surface area (Å²) < 4.78 is 6.11. The van der Waals surface area contributed by atoms with Crippen LogP contribution in [0.5, 0.6) is 5.75 Å². The van der Waals surface area contributed by atoms with Gasteiger partial charge in [-0.25, -0.2) is 4.79 Å². The molecule has 0 bridgehead atoms. The van der Waals surface area contributed by atoms with Crippen LogP contribution >= 0.6 is 37.2 Å². The van der Waals surface area contributed by atoms with Crippen molar-refractivity contribution in [3.63, 3.8) is 0 Å². The molecule has 2 aliphatic heterocycles. The van der Waals surface area contributed by atoms with Crippen LogP contribution in [-0.2, 0) is 13.0 Å². The Labute approximate surface area is 218 Å². The van der Waals surface area contributed by atoms with Crippen LogP contribution in [0.4, 0.5) is 4.79 Å². The topological polar surface area (TPSA) is 111 Å². The number of carbonyl (C=O) groups is 1. The normalized spacial score (nSPS) is 17.7. The van der Waals surface area contributed by atoms with E-state index in [2.05, 4.69) is 26.6 Å². The fourth-order valence-corrected chi connectivity index (χ4v) is 4.31. The van der Waals surface area contributed by atoms with Crippen LogP contribution in [-0.4, -0.2) is 53.2 Å². The summed E-state index contributed by atoms with van der Waals surface area (Å²) in [5.74, 6) is 1.22. The molecule has 1 atom stereocenters. The minimum Gasteiger partial charge on any atom is -0.493 e. The first kappa shape index (κ1) is 29.9. The van der Waals surface area contributed by atoms with E-state index in [-0.39, 0.29) is 43.1 Å². The molecule has 11 heteroatoms. The Morgan fingerprint density at radius 2 is 1.97 bits per heavy atom. The van der Waals surface area contributed by atoms with Crippen molar-refractivity contribution in [2.45, 2.75) is 31.8 Å². The molecule has 4 rings (SSSR count). The third-order valence-corrected chi connectivity index (χ3v) is 6.01. The lowest BCUT2D eigenvalue weighted by Gasteiger charge is -2.32. The summed E-state index contributed by atoms with van der Waals surface area (Å²) in [6.07, 6.45) is 3.65. The van der Waals surface area contributed by atoms with E-state index < -0.39 is 12.1 Å². The Kier molecular flexibility index (Phi) is 12.6. The van der Waals surface area contributed by atoms with Gasteiger partial charge in [0.15, 0.2) is 0 Å². The zero-order valence-corrected chi connectivity index (χ0v) is 21.2. The predicted molar refractivity (Wildman–Crippen MR) is 139 cm³/mol. The van der Waals surface area contributed by atoms with Gasteiger partial charge in [-0.2, -0.15) is 0 Å². The number of hydrogen-bond donors (Lipinski definition) is 4. The number of likely N-dealkylation sites (tertiary alicyclic amines) is 1. The maximum Gasteiger partial charge on any atom is 0.410 e.